The zero-order valence-corrected chi connectivity index (χ0v) is 12.6. The first kappa shape index (κ1) is 14.4. The van der Waals surface area contributed by atoms with E-state index in [2.05, 4.69) is 22.3 Å². The van der Waals surface area contributed by atoms with E-state index in [-0.39, 0.29) is 5.91 Å². The Hall–Kier alpha value is -2.49. The minimum atomic E-state index is -0.141. The highest BCUT2D eigenvalue weighted by atomic mass is 16.1. The molecule has 0 spiro atoms. The normalized spacial score (nSPS) is 14.6. The first-order valence-electron chi connectivity index (χ1n) is 7.74. The lowest BCUT2D eigenvalue weighted by atomic mass is 10.1. The van der Waals surface area contributed by atoms with Gasteiger partial charge in [-0.1, -0.05) is 6.07 Å². The average Bonchev–Trinajstić information content (AvgIpc) is 2.56. The summed E-state index contributed by atoms with van der Waals surface area (Å²) in [5.74, 6) is -0.141. The summed E-state index contributed by atoms with van der Waals surface area (Å²) in [5, 5.41) is 2.90. The quantitative estimate of drug-likeness (QED) is 0.852. The fraction of sp³-hybridized carbons (Fsp3) is 0.278. The number of nitrogen functional groups attached to an aromatic ring is 1. The number of nitrogens with two attached hydrogens (primary N) is 1. The van der Waals surface area contributed by atoms with Crippen LogP contribution in [0.2, 0.25) is 0 Å². The third kappa shape index (κ3) is 3.39. The summed E-state index contributed by atoms with van der Waals surface area (Å²) in [6.07, 6.45) is 3.84. The molecule has 4 nitrogen and oxygen atoms in total. The number of hydrogen-bond acceptors (Lipinski definition) is 3. The van der Waals surface area contributed by atoms with Gasteiger partial charge in [-0.15, -0.1) is 0 Å². The lowest BCUT2D eigenvalue weighted by Gasteiger charge is -2.28. The number of nitrogens with zero attached hydrogens (tertiary/aromatic N) is 1. The van der Waals surface area contributed by atoms with Gasteiger partial charge in [0.25, 0.3) is 5.91 Å². The maximum Gasteiger partial charge on any atom is 0.255 e. The minimum Gasteiger partial charge on any atom is -0.399 e. The molecule has 0 unspecified atom stereocenters. The van der Waals surface area contributed by atoms with Gasteiger partial charge in [-0.2, -0.15) is 0 Å². The number of amides is 1. The number of hydrogen-bond donors (Lipinski definition) is 2. The molecule has 0 radical (unpaired) electrons. The Morgan fingerprint density at radius 1 is 1.00 bits per heavy atom. The molecule has 1 fully saturated rings. The van der Waals surface area contributed by atoms with E-state index in [1.54, 1.807) is 24.3 Å². The van der Waals surface area contributed by atoms with Gasteiger partial charge in [0.1, 0.15) is 0 Å². The standard InChI is InChI=1S/C18H21N3O/c19-15-6-4-5-14(13-15)18(22)20-16-7-9-17(10-8-16)21-11-2-1-3-12-21/h4-10,13H,1-3,11-12,19H2,(H,20,22). The summed E-state index contributed by atoms with van der Waals surface area (Å²) >= 11 is 0. The molecule has 2 aromatic rings. The van der Waals surface area contributed by atoms with Crippen molar-refractivity contribution < 1.29 is 4.79 Å². The second-order valence-corrected chi connectivity index (χ2v) is 5.67. The molecule has 1 saturated heterocycles. The lowest BCUT2D eigenvalue weighted by molar-refractivity contribution is 0.102. The molecule has 3 N–H and O–H groups in total. The van der Waals surface area contributed by atoms with E-state index in [0.717, 1.165) is 18.8 Å². The Morgan fingerprint density at radius 3 is 2.41 bits per heavy atom. The van der Waals surface area contributed by atoms with Gasteiger partial charge in [0.05, 0.1) is 0 Å². The summed E-state index contributed by atoms with van der Waals surface area (Å²) < 4.78 is 0. The largest absolute Gasteiger partial charge is 0.399 e. The molecule has 0 bridgehead atoms. The van der Waals surface area contributed by atoms with E-state index < -0.39 is 0 Å². The first-order chi connectivity index (χ1) is 10.7. The molecule has 4 heteroatoms. The molecule has 1 heterocycles. The highest BCUT2D eigenvalue weighted by Gasteiger charge is 2.11. The van der Waals surface area contributed by atoms with Crippen molar-refractivity contribution in [2.45, 2.75) is 19.3 Å². The number of rotatable bonds is 3. The van der Waals surface area contributed by atoms with Crippen LogP contribution in [0.15, 0.2) is 48.5 Å². The number of nitrogens with one attached hydrogen (secondary N) is 1. The van der Waals surface area contributed by atoms with Crippen molar-refractivity contribution in [3.05, 3.63) is 54.1 Å². The minimum absolute atomic E-state index is 0.141. The molecule has 1 aliphatic rings. The van der Waals surface area contributed by atoms with E-state index in [1.807, 2.05) is 12.1 Å². The van der Waals surface area contributed by atoms with E-state index in [0.29, 0.717) is 11.3 Å². The molecule has 1 amide bonds. The van der Waals surface area contributed by atoms with Crippen molar-refractivity contribution in [2.24, 2.45) is 0 Å². The van der Waals surface area contributed by atoms with Crippen molar-refractivity contribution in [1.82, 2.24) is 0 Å². The average molecular weight is 295 g/mol. The molecule has 22 heavy (non-hydrogen) atoms. The van der Waals surface area contributed by atoms with E-state index >= 15 is 0 Å². The van der Waals surface area contributed by atoms with Gasteiger partial charge >= 0.3 is 0 Å². The second-order valence-electron chi connectivity index (χ2n) is 5.67. The van der Waals surface area contributed by atoms with Crippen LogP contribution in [0.1, 0.15) is 29.6 Å². The molecule has 2 aromatic carbocycles. The Balaban J connectivity index is 1.66. The fourth-order valence-electron chi connectivity index (χ4n) is 2.79. The summed E-state index contributed by atoms with van der Waals surface area (Å²) in [6, 6.07) is 15.0. The predicted octanol–water partition coefficient (Wildman–Crippen LogP) is 3.51. The lowest BCUT2D eigenvalue weighted by Crippen LogP contribution is -2.29. The van der Waals surface area contributed by atoms with Crippen LogP contribution < -0.4 is 16.0 Å². The molecule has 0 saturated carbocycles. The smallest absolute Gasteiger partial charge is 0.255 e. The van der Waals surface area contributed by atoms with Crippen molar-refractivity contribution >= 4 is 23.0 Å². The van der Waals surface area contributed by atoms with Gasteiger partial charge in [-0.3, -0.25) is 4.79 Å². The van der Waals surface area contributed by atoms with Gasteiger partial charge in [0.15, 0.2) is 0 Å². The summed E-state index contributed by atoms with van der Waals surface area (Å²) in [7, 11) is 0. The van der Waals surface area contributed by atoms with Crippen molar-refractivity contribution in [3.63, 3.8) is 0 Å². The monoisotopic (exact) mass is 295 g/mol. The Morgan fingerprint density at radius 2 is 1.73 bits per heavy atom. The maximum absolute atomic E-state index is 12.2. The summed E-state index contributed by atoms with van der Waals surface area (Å²) in [5.41, 5.74) is 8.89. The third-order valence-corrected chi connectivity index (χ3v) is 4.00. The Bertz CT molecular complexity index is 646. The SMILES string of the molecule is Nc1cccc(C(=O)Nc2ccc(N3CCCCC3)cc2)c1. The molecule has 0 aliphatic carbocycles. The van der Waals surface area contributed by atoms with Crippen LogP contribution in [0.3, 0.4) is 0 Å². The number of piperidine rings is 1. The van der Waals surface area contributed by atoms with Crippen molar-refractivity contribution in [1.29, 1.82) is 0 Å². The summed E-state index contributed by atoms with van der Waals surface area (Å²) in [4.78, 5) is 14.6. The third-order valence-electron chi connectivity index (χ3n) is 4.00. The first-order valence-corrected chi connectivity index (χ1v) is 7.74. The number of anilines is 3. The summed E-state index contributed by atoms with van der Waals surface area (Å²) in [6.45, 7) is 2.24. The molecular weight excluding hydrogens is 274 g/mol. The molecular formula is C18H21N3O. The topological polar surface area (TPSA) is 58.4 Å². The van der Waals surface area contributed by atoms with Crippen LogP contribution in [0.4, 0.5) is 17.1 Å². The second kappa shape index (κ2) is 6.52. The number of carbonyl (C=O) groups is 1. The van der Waals surface area contributed by atoms with Gasteiger partial charge in [0, 0.05) is 35.7 Å². The van der Waals surface area contributed by atoms with E-state index in [4.69, 9.17) is 5.73 Å². The van der Waals surface area contributed by atoms with Gasteiger partial charge < -0.3 is 16.0 Å². The van der Waals surface area contributed by atoms with Crippen LogP contribution in [-0.4, -0.2) is 19.0 Å². The van der Waals surface area contributed by atoms with Gasteiger partial charge in [-0.25, -0.2) is 0 Å². The highest BCUT2D eigenvalue weighted by molar-refractivity contribution is 6.04. The van der Waals surface area contributed by atoms with Gasteiger partial charge in [0.2, 0.25) is 0 Å². The van der Waals surface area contributed by atoms with E-state index in [9.17, 15) is 4.79 Å². The molecule has 1 aliphatic heterocycles. The Kier molecular flexibility index (Phi) is 4.28. The van der Waals surface area contributed by atoms with Crippen LogP contribution in [0, 0.1) is 0 Å². The molecule has 0 atom stereocenters. The van der Waals surface area contributed by atoms with Crippen molar-refractivity contribution in [3.8, 4) is 0 Å². The van der Waals surface area contributed by atoms with Gasteiger partial charge in [-0.05, 0) is 61.7 Å². The number of carbonyl (C=O) groups excluding carboxylic acids is 1. The molecule has 3 rings (SSSR count). The highest BCUT2D eigenvalue weighted by Crippen LogP contribution is 2.22. The van der Waals surface area contributed by atoms with Crippen molar-refractivity contribution in [2.75, 3.05) is 29.0 Å². The van der Waals surface area contributed by atoms with Crippen LogP contribution >= 0.6 is 0 Å². The molecule has 114 valence electrons. The molecule has 0 aromatic heterocycles. The maximum atomic E-state index is 12.2. The Labute approximate surface area is 130 Å². The fourth-order valence-corrected chi connectivity index (χ4v) is 2.79. The van der Waals surface area contributed by atoms with Crippen LogP contribution in [0.5, 0.6) is 0 Å². The zero-order valence-electron chi connectivity index (χ0n) is 12.6. The van der Waals surface area contributed by atoms with Crippen LogP contribution in [-0.2, 0) is 0 Å². The number of benzene rings is 2. The van der Waals surface area contributed by atoms with E-state index in [1.165, 1.54) is 24.9 Å². The van der Waals surface area contributed by atoms with Crippen LogP contribution in [0.25, 0.3) is 0 Å². The predicted molar refractivity (Wildman–Crippen MR) is 91.3 cm³/mol. The zero-order chi connectivity index (χ0) is 15.4.